The van der Waals surface area contributed by atoms with Crippen molar-refractivity contribution in [1.29, 1.82) is 0 Å². The number of hydrazone groups is 1. The molecule has 1 fully saturated rings. The molecule has 1 saturated carbocycles. The van der Waals surface area contributed by atoms with Crippen LogP contribution in [0.3, 0.4) is 0 Å². The molecule has 0 amide bonds. The van der Waals surface area contributed by atoms with Crippen LogP contribution in [-0.2, 0) is 6.54 Å². The Bertz CT molecular complexity index is 396. The van der Waals surface area contributed by atoms with Crippen molar-refractivity contribution in [2.45, 2.75) is 19.4 Å². The topological polar surface area (TPSA) is 15.6 Å². The Hall–Kier alpha value is -1.45. The fraction of sp³-hybridized carbons (Fsp3) is 0.364. The first kappa shape index (κ1) is 10.1. The van der Waals surface area contributed by atoms with Gasteiger partial charge in [-0.3, -0.25) is 5.01 Å². The molecule has 0 saturated heterocycles. The van der Waals surface area contributed by atoms with Crippen molar-refractivity contribution in [2.75, 3.05) is 7.05 Å². The molecular formula is C11H12F2N2. The van der Waals surface area contributed by atoms with Gasteiger partial charge in [-0.25, -0.2) is 8.78 Å². The van der Waals surface area contributed by atoms with Crippen LogP contribution in [0.4, 0.5) is 8.78 Å². The number of benzene rings is 1. The summed E-state index contributed by atoms with van der Waals surface area (Å²) in [5.74, 6) is -1.06. The fourth-order valence-corrected chi connectivity index (χ4v) is 1.33. The fourth-order valence-electron chi connectivity index (χ4n) is 1.33. The van der Waals surface area contributed by atoms with Crippen molar-refractivity contribution in [3.63, 3.8) is 0 Å². The zero-order valence-corrected chi connectivity index (χ0v) is 8.50. The van der Waals surface area contributed by atoms with Gasteiger partial charge in [0.05, 0.1) is 6.54 Å². The van der Waals surface area contributed by atoms with Crippen molar-refractivity contribution in [2.24, 2.45) is 5.10 Å². The quantitative estimate of drug-likeness (QED) is 0.700. The van der Waals surface area contributed by atoms with Gasteiger partial charge >= 0.3 is 0 Å². The normalized spacial score (nSPS) is 13.9. The van der Waals surface area contributed by atoms with Gasteiger partial charge in [-0.1, -0.05) is 6.07 Å². The van der Waals surface area contributed by atoms with E-state index in [1.54, 1.807) is 12.1 Å². The zero-order valence-electron chi connectivity index (χ0n) is 8.50. The summed E-state index contributed by atoms with van der Waals surface area (Å²) in [6.07, 6.45) is 2.08. The van der Waals surface area contributed by atoms with E-state index in [1.165, 1.54) is 12.1 Å². The third kappa shape index (κ3) is 2.75. The van der Waals surface area contributed by atoms with Crippen LogP contribution in [-0.4, -0.2) is 17.8 Å². The van der Waals surface area contributed by atoms with E-state index < -0.39 is 11.6 Å². The van der Waals surface area contributed by atoms with Crippen molar-refractivity contribution >= 4 is 5.71 Å². The molecule has 1 aliphatic rings. The molecule has 2 nitrogen and oxygen atoms in total. The van der Waals surface area contributed by atoms with E-state index in [-0.39, 0.29) is 0 Å². The molecule has 0 heterocycles. The number of hydrogen-bond acceptors (Lipinski definition) is 2. The number of nitrogens with zero attached hydrogens (tertiary/aromatic N) is 2. The van der Waals surface area contributed by atoms with Gasteiger partial charge in [0.25, 0.3) is 0 Å². The standard InChI is InChI=1S/C11H12F2N2/c1-15(14-10-4-5-10)7-8-2-3-9(12)6-11(8)13/h2-3,6H,4-5,7H2,1H3. The molecule has 0 radical (unpaired) electrons. The summed E-state index contributed by atoms with van der Waals surface area (Å²) in [5, 5.41) is 5.92. The van der Waals surface area contributed by atoms with E-state index in [0.717, 1.165) is 24.6 Å². The van der Waals surface area contributed by atoms with Crippen LogP contribution in [0.15, 0.2) is 23.3 Å². The number of rotatable bonds is 3. The van der Waals surface area contributed by atoms with E-state index in [2.05, 4.69) is 5.10 Å². The van der Waals surface area contributed by atoms with Gasteiger partial charge in [0.2, 0.25) is 0 Å². The lowest BCUT2D eigenvalue weighted by molar-refractivity contribution is 0.340. The Labute approximate surface area is 87.2 Å². The van der Waals surface area contributed by atoms with E-state index >= 15 is 0 Å². The highest BCUT2D eigenvalue weighted by Gasteiger charge is 2.14. The molecule has 2 rings (SSSR count). The average molecular weight is 210 g/mol. The van der Waals surface area contributed by atoms with Crippen LogP contribution in [0.5, 0.6) is 0 Å². The Morgan fingerprint density at radius 2 is 2.07 bits per heavy atom. The third-order valence-corrected chi connectivity index (χ3v) is 2.20. The van der Waals surface area contributed by atoms with Gasteiger partial charge in [-0.2, -0.15) is 5.10 Å². The molecular weight excluding hydrogens is 198 g/mol. The minimum Gasteiger partial charge on any atom is -0.296 e. The Morgan fingerprint density at radius 3 is 2.67 bits per heavy atom. The lowest BCUT2D eigenvalue weighted by Gasteiger charge is -2.13. The van der Waals surface area contributed by atoms with E-state index in [0.29, 0.717) is 12.1 Å². The second-order valence-corrected chi connectivity index (χ2v) is 3.72. The van der Waals surface area contributed by atoms with Crippen molar-refractivity contribution in [3.8, 4) is 0 Å². The van der Waals surface area contributed by atoms with Crippen molar-refractivity contribution < 1.29 is 8.78 Å². The highest BCUT2D eigenvalue weighted by atomic mass is 19.1. The van der Waals surface area contributed by atoms with Crippen LogP contribution < -0.4 is 0 Å². The largest absolute Gasteiger partial charge is 0.296 e. The van der Waals surface area contributed by atoms with E-state index in [9.17, 15) is 8.78 Å². The molecule has 1 aromatic rings. The van der Waals surface area contributed by atoms with E-state index in [1.807, 2.05) is 0 Å². The number of halogens is 2. The predicted octanol–water partition coefficient (Wildman–Crippen LogP) is 2.55. The predicted molar refractivity (Wildman–Crippen MR) is 54.5 cm³/mol. The van der Waals surface area contributed by atoms with Crippen molar-refractivity contribution in [3.05, 3.63) is 35.4 Å². The summed E-state index contributed by atoms with van der Waals surface area (Å²) < 4.78 is 25.9. The molecule has 80 valence electrons. The molecule has 0 spiro atoms. The molecule has 15 heavy (non-hydrogen) atoms. The van der Waals surface area contributed by atoms with Gasteiger partial charge in [0.15, 0.2) is 0 Å². The summed E-state index contributed by atoms with van der Waals surface area (Å²) in [4.78, 5) is 0. The molecule has 0 aliphatic heterocycles. The van der Waals surface area contributed by atoms with Crippen LogP contribution in [0.2, 0.25) is 0 Å². The van der Waals surface area contributed by atoms with Gasteiger partial charge in [0.1, 0.15) is 11.6 Å². The minimum absolute atomic E-state index is 0.371. The highest BCUT2D eigenvalue weighted by molar-refractivity contribution is 5.97. The molecule has 0 aromatic heterocycles. The third-order valence-electron chi connectivity index (χ3n) is 2.20. The van der Waals surface area contributed by atoms with Crippen LogP contribution in [0.1, 0.15) is 18.4 Å². The highest BCUT2D eigenvalue weighted by Crippen LogP contribution is 2.17. The van der Waals surface area contributed by atoms with Crippen LogP contribution in [0.25, 0.3) is 0 Å². The average Bonchev–Trinajstić information content (AvgIpc) is 2.94. The second-order valence-electron chi connectivity index (χ2n) is 3.72. The smallest absolute Gasteiger partial charge is 0.131 e. The van der Waals surface area contributed by atoms with Gasteiger partial charge in [-0.05, 0) is 18.9 Å². The summed E-state index contributed by atoms with van der Waals surface area (Å²) in [6.45, 7) is 0.371. The SMILES string of the molecule is CN(Cc1ccc(F)cc1F)N=C1CC1. The van der Waals surface area contributed by atoms with Gasteiger partial charge < -0.3 is 0 Å². The molecule has 0 bridgehead atoms. The van der Waals surface area contributed by atoms with Crippen molar-refractivity contribution in [1.82, 2.24) is 5.01 Å². The molecule has 4 heteroatoms. The molecule has 1 aromatic carbocycles. The molecule has 0 N–H and O–H groups in total. The molecule has 1 aliphatic carbocycles. The van der Waals surface area contributed by atoms with Gasteiger partial charge in [-0.15, -0.1) is 0 Å². The summed E-state index contributed by atoms with van der Waals surface area (Å²) in [6, 6.07) is 3.61. The maximum atomic E-state index is 13.2. The molecule has 0 atom stereocenters. The Morgan fingerprint density at radius 1 is 1.33 bits per heavy atom. The summed E-state index contributed by atoms with van der Waals surface area (Å²) in [5.41, 5.74) is 1.60. The maximum absolute atomic E-state index is 13.2. The first-order valence-electron chi connectivity index (χ1n) is 4.86. The second kappa shape index (κ2) is 3.96. The monoisotopic (exact) mass is 210 g/mol. The minimum atomic E-state index is -0.549. The zero-order chi connectivity index (χ0) is 10.8. The van der Waals surface area contributed by atoms with Gasteiger partial charge in [0, 0.05) is 24.4 Å². The number of hydrogen-bond donors (Lipinski definition) is 0. The van der Waals surface area contributed by atoms with E-state index in [4.69, 9.17) is 0 Å². The first-order valence-corrected chi connectivity index (χ1v) is 4.86. The van der Waals surface area contributed by atoms with Crippen LogP contribution in [0, 0.1) is 11.6 Å². The Kier molecular flexibility index (Phi) is 2.66. The first-order chi connectivity index (χ1) is 7.15. The summed E-state index contributed by atoms with van der Waals surface area (Å²) in [7, 11) is 1.79. The Balaban J connectivity index is 2.06. The maximum Gasteiger partial charge on any atom is 0.131 e. The lowest BCUT2D eigenvalue weighted by Crippen LogP contribution is -2.12. The van der Waals surface area contributed by atoms with Crippen LogP contribution >= 0.6 is 0 Å². The molecule has 0 unspecified atom stereocenters. The summed E-state index contributed by atoms with van der Waals surface area (Å²) >= 11 is 0. The lowest BCUT2D eigenvalue weighted by atomic mass is 10.2.